The molecule has 28 heavy (non-hydrogen) atoms. The van der Waals surface area contributed by atoms with Crippen molar-refractivity contribution in [2.24, 2.45) is 0 Å². The minimum absolute atomic E-state index is 0.0194. The Morgan fingerprint density at radius 2 is 1.82 bits per heavy atom. The molecule has 0 spiro atoms. The number of benzene rings is 1. The summed E-state index contributed by atoms with van der Waals surface area (Å²) in [7, 11) is -3.99. The van der Waals surface area contributed by atoms with Crippen LogP contribution in [-0.4, -0.2) is 29.0 Å². The molecule has 0 saturated heterocycles. The number of rotatable bonds is 6. The van der Waals surface area contributed by atoms with Crippen LogP contribution in [0.2, 0.25) is 0 Å². The lowest BCUT2D eigenvalue weighted by atomic mass is 10.1. The molecule has 1 aromatic heterocycles. The third-order valence-corrected chi connectivity index (χ3v) is 5.16. The Morgan fingerprint density at radius 3 is 2.25 bits per heavy atom. The number of nitro benzene ring substituents is 1. The molecule has 0 aliphatic carbocycles. The minimum Gasteiger partial charge on any atom is -0.266 e. The van der Waals surface area contributed by atoms with Crippen molar-refractivity contribution in [2.75, 3.05) is 0 Å². The molecule has 0 unspecified atom stereocenters. The quantitative estimate of drug-likeness (QED) is 0.579. The summed E-state index contributed by atoms with van der Waals surface area (Å²) in [6, 6.07) is 6.70. The lowest BCUT2D eigenvalue weighted by Gasteiger charge is -2.23. The maximum atomic E-state index is 12.5. The van der Waals surface area contributed by atoms with Crippen molar-refractivity contribution >= 4 is 21.6 Å². The molecular weight excluding hydrogens is 384 g/mol. The van der Waals surface area contributed by atoms with Gasteiger partial charge in [0.15, 0.2) is 5.69 Å². The van der Waals surface area contributed by atoms with Gasteiger partial charge in [-0.2, -0.15) is 5.10 Å². The summed E-state index contributed by atoms with van der Waals surface area (Å²) in [4.78, 5) is 22.6. The Hall–Kier alpha value is -2.75. The molecule has 10 heteroatoms. The van der Waals surface area contributed by atoms with E-state index in [1.54, 1.807) is 10.7 Å². The van der Waals surface area contributed by atoms with Crippen LogP contribution in [0.5, 0.6) is 0 Å². The van der Waals surface area contributed by atoms with Crippen molar-refractivity contribution in [2.45, 2.75) is 51.8 Å². The van der Waals surface area contributed by atoms with Gasteiger partial charge in [-0.25, -0.2) is 13.1 Å². The van der Waals surface area contributed by atoms with E-state index in [-0.39, 0.29) is 22.8 Å². The number of hydrogen-bond donors (Lipinski definition) is 1. The molecule has 1 N–H and O–H groups in total. The number of carbonyl (C=O) groups excluding carboxylic acids is 1. The molecule has 0 atom stereocenters. The fraction of sp³-hybridized carbons (Fsp3) is 0.444. The first-order chi connectivity index (χ1) is 12.8. The summed E-state index contributed by atoms with van der Waals surface area (Å²) in [5, 5.41) is 15.0. The maximum absolute atomic E-state index is 12.5. The lowest BCUT2D eigenvalue weighted by Crippen LogP contribution is -2.32. The Balaban J connectivity index is 2.20. The van der Waals surface area contributed by atoms with Crippen molar-refractivity contribution in [3.63, 3.8) is 0 Å². The standard InChI is InChI=1S/C18H24N4O5S/c1-12(2)16-10-15(19-21(16)18(3,4)5)17(23)20-28(26,27)11-13-6-8-14(9-7-13)22(24)25/h6-10,12H,11H2,1-5H3,(H,20,23). The highest BCUT2D eigenvalue weighted by Crippen LogP contribution is 2.23. The zero-order chi connectivity index (χ0) is 21.3. The number of sulfonamides is 1. The topological polar surface area (TPSA) is 124 Å². The number of nitro groups is 1. The van der Waals surface area contributed by atoms with Crippen LogP contribution in [0.3, 0.4) is 0 Å². The first-order valence-electron chi connectivity index (χ1n) is 8.69. The van der Waals surface area contributed by atoms with E-state index >= 15 is 0 Å². The van der Waals surface area contributed by atoms with Crippen molar-refractivity contribution in [1.29, 1.82) is 0 Å². The third-order valence-electron chi connectivity index (χ3n) is 3.95. The van der Waals surface area contributed by atoms with E-state index in [0.717, 1.165) is 5.69 Å². The van der Waals surface area contributed by atoms with Crippen LogP contribution in [0.25, 0.3) is 0 Å². The van der Waals surface area contributed by atoms with E-state index in [9.17, 15) is 23.3 Å². The van der Waals surface area contributed by atoms with E-state index in [1.165, 1.54) is 24.3 Å². The van der Waals surface area contributed by atoms with E-state index < -0.39 is 26.6 Å². The molecule has 2 aromatic rings. The zero-order valence-corrected chi connectivity index (χ0v) is 17.3. The van der Waals surface area contributed by atoms with Gasteiger partial charge in [-0.05, 0) is 38.3 Å². The molecule has 0 saturated carbocycles. The molecule has 9 nitrogen and oxygen atoms in total. The highest BCUT2D eigenvalue weighted by Gasteiger charge is 2.25. The summed E-state index contributed by atoms with van der Waals surface area (Å²) in [6.07, 6.45) is 0. The average Bonchev–Trinajstić information content (AvgIpc) is 3.00. The molecule has 0 fully saturated rings. The summed E-state index contributed by atoms with van der Waals surface area (Å²) in [5.74, 6) is -1.19. The van der Waals surface area contributed by atoms with Crippen LogP contribution in [0.4, 0.5) is 5.69 Å². The highest BCUT2D eigenvalue weighted by molar-refractivity contribution is 7.89. The number of carbonyl (C=O) groups is 1. The minimum atomic E-state index is -3.99. The monoisotopic (exact) mass is 408 g/mol. The maximum Gasteiger partial charge on any atom is 0.285 e. The molecule has 152 valence electrons. The van der Waals surface area contributed by atoms with Crippen molar-refractivity contribution < 1.29 is 18.1 Å². The number of hydrogen-bond acceptors (Lipinski definition) is 6. The molecule has 0 radical (unpaired) electrons. The van der Waals surface area contributed by atoms with E-state index in [0.29, 0.717) is 5.56 Å². The van der Waals surface area contributed by atoms with E-state index in [1.807, 2.05) is 39.3 Å². The van der Waals surface area contributed by atoms with Crippen molar-refractivity contribution in [1.82, 2.24) is 14.5 Å². The Bertz CT molecular complexity index is 986. The predicted octanol–water partition coefficient (Wildman–Crippen LogP) is 2.93. The van der Waals surface area contributed by atoms with Crippen molar-refractivity contribution in [3.8, 4) is 0 Å². The molecule has 1 heterocycles. The number of non-ortho nitro benzene ring substituents is 1. The SMILES string of the molecule is CC(C)c1cc(C(=O)NS(=O)(=O)Cc2ccc([N+](=O)[O-])cc2)nn1C(C)(C)C. The molecule has 0 bridgehead atoms. The molecule has 0 aliphatic heterocycles. The van der Waals surface area contributed by atoms with E-state index in [4.69, 9.17) is 0 Å². The highest BCUT2D eigenvalue weighted by atomic mass is 32.2. The summed E-state index contributed by atoms with van der Waals surface area (Å²) in [5.41, 5.74) is 0.667. The van der Waals surface area contributed by atoms with Gasteiger partial charge in [0.05, 0.1) is 16.2 Å². The fourth-order valence-electron chi connectivity index (χ4n) is 2.62. The lowest BCUT2D eigenvalue weighted by molar-refractivity contribution is -0.384. The molecule has 2 rings (SSSR count). The number of amides is 1. The van der Waals surface area contributed by atoms with Gasteiger partial charge in [0.2, 0.25) is 10.0 Å². The smallest absolute Gasteiger partial charge is 0.266 e. The normalized spacial score (nSPS) is 12.2. The largest absolute Gasteiger partial charge is 0.285 e. The van der Waals surface area contributed by atoms with Crippen LogP contribution >= 0.6 is 0 Å². The van der Waals surface area contributed by atoms with Gasteiger partial charge >= 0.3 is 0 Å². The second-order valence-corrected chi connectivity index (χ2v) is 9.53. The van der Waals surface area contributed by atoms with Gasteiger partial charge in [-0.3, -0.25) is 19.6 Å². The van der Waals surface area contributed by atoms with Gasteiger partial charge < -0.3 is 0 Å². The zero-order valence-electron chi connectivity index (χ0n) is 16.5. The third kappa shape index (κ3) is 5.16. The van der Waals surface area contributed by atoms with Gasteiger partial charge in [0, 0.05) is 17.8 Å². The second-order valence-electron chi connectivity index (χ2n) is 7.81. The van der Waals surface area contributed by atoms with Crippen LogP contribution in [0.15, 0.2) is 30.3 Å². The molecule has 0 aliphatic rings. The van der Waals surface area contributed by atoms with Crippen molar-refractivity contribution in [3.05, 3.63) is 57.4 Å². The Morgan fingerprint density at radius 1 is 1.25 bits per heavy atom. The summed E-state index contributed by atoms with van der Waals surface area (Å²) in [6.45, 7) is 9.76. The number of nitrogens with one attached hydrogen (secondary N) is 1. The number of nitrogens with zero attached hydrogens (tertiary/aromatic N) is 3. The Kier molecular flexibility index (Phi) is 5.93. The van der Waals surface area contributed by atoms with E-state index in [2.05, 4.69) is 5.10 Å². The van der Waals surface area contributed by atoms with Gasteiger partial charge in [0.25, 0.3) is 11.6 Å². The number of aromatic nitrogens is 2. The summed E-state index contributed by atoms with van der Waals surface area (Å²) < 4.78 is 28.4. The predicted molar refractivity (Wildman–Crippen MR) is 104 cm³/mol. The van der Waals surface area contributed by atoms with Crippen LogP contribution in [0.1, 0.15) is 62.3 Å². The van der Waals surface area contributed by atoms with Crippen LogP contribution < -0.4 is 4.72 Å². The second kappa shape index (κ2) is 7.70. The molecule has 1 amide bonds. The van der Waals surface area contributed by atoms with Gasteiger partial charge in [0.1, 0.15) is 0 Å². The fourth-order valence-corrected chi connectivity index (χ4v) is 3.71. The molecular formula is C18H24N4O5S. The van der Waals surface area contributed by atoms with Gasteiger partial charge in [-0.15, -0.1) is 0 Å². The Labute approximate surface area is 164 Å². The van der Waals surface area contributed by atoms with Crippen LogP contribution in [0, 0.1) is 10.1 Å². The average molecular weight is 408 g/mol. The first-order valence-corrected chi connectivity index (χ1v) is 10.3. The van der Waals surface area contributed by atoms with Gasteiger partial charge in [-0.1, -0.05) is 26.0 Å². The molecule has 1 aromatic carbocycles. The summed E-state index contributed by atoms with van der Waals surface area (Å²) >= 11 is 0. The first kappa shape index (κ1) is 21.5. The van der Waals surface area contributed by atoms with Crippen LogP contribution in [-0.2, 0) is 21.3 Å².